The Morgan fingerprint density at radius 2 is 1.54 bits per heavy atom. The lowest BCUT2D eigenvalue weighted by Gasteiger charge is -2.20. The van der Waals surface area contributed by atoms with Crippen LogP contribution in [0, 0.1) is 6.92 Å². The summed E-state index contributed by atoms with van der Waals surface area (Å²) in [7, 11) is 0. The molecule has 0 saturated carbocycles. The number of aliphatic imine (C=N–C) groups is 1. The van der Waals surface area contributed by atoms with Gasteiger partial charge in [0.1, 0.15) is 5.75 Å². The fourth-order valence-electron chi connectivity index (χ4n) is 4.40. The van der Waals surface area contributed by atoms with Gasteiger partial charge in [-0.1, -0.05) is 72.3 Å². The van der Waals surface area contributed by atoms with E-state index in [9.17, 15) is 0 Å². The highest BCUT2D eigenvalue weighted by Gasteiger charge is 2.26. The molecule has 0 aliphatic carbocycles. The highest BCUT2D eigenvalue weighted by Crippen LogP contribution is 2.48. The maximum atomic E-state index is 6.41. The number of thioether (sulfide) groups is 1. The molecule has 2 heterocycles. The minimum Gasteiger partial charge on any atom is -0.439 e. The monoisotopic (exact) mass is 472 g/mol. The average Bonchev–Trinajstić information content (AvgIpc) is 3.09. The van der Waals surface area contributed by atoms with Crippen LogP contribution >= 0.6 is 11.8 Å². The minimum atomic E-state index is 0.0914. The predicted molar refractivity (Wildman–Crippen MR) is 145 cm³/mol. The molecule has 0 N–H and O–H groups in total. The number of nitrogens with zero attached hydrogens (tertiary/aromatic N) is 2. The SMILES string of the molecule is Cc1ccc2nc(Oc3ccccc3)c(C3CC(c4ccccc4)=Nc4ccccc4S3)cc2c1. The Bertz CT molecular complexity index is 1530. The summed E-state index contributed by atoms with van der Waals surface area (Å²) in [6.45, 7) is 2.12. The summed E-state index contributed by atoms with van der Waals surface area (Å²) in [6.07, 6.45) is 0.771. The van der Waals surface area contributed by atoms with E-state index in [1.807, 2.05) is 48.2 Å². The number of benzene rings is 4. The standard InChI is InChI=1S/C31H24N2OS/c1-21-16-17-26-23(18-21)19-25(31(33-26)34-24-12-6-3-7-13-24)30-20-28(22-10-4-2-5-11-22)32-27-14-8-9-15-29(27)35-30/h2-19,30H,20H2,1H3. The largest absolute Gasteiger partial charge is 0.439 e. The van der Waals surface area contributed by atoms with Gasteiger partial charge in [0.25, 0.3) is 0 Å². The highest BCUT2D eigenvalue weighted by molar-refractivity contribution is 7.99. The second-order valence-corrected chi connectivity index (χ2v) is 9.94. The van der Waals surface area contributed by atoms with E-state index in [1.165, 1.54) is 10.5 Å². The van der Waals surface area contributed by atoms with E-state index >= 15 is 0 Å². The normalized spacial score (nSPS) is 15.2. The van der Waals surface area contributed by atoms with Crippen LogP contribution in [0.3, 0.4) is 0 Å². The van der Waals surface area contributed by atoms with Crippen molar-refractivity contribution in [3.63, 3.8) is 0 Å². The first-order valence-electron chi connectivity index (χ1n) is 11.8. The molecule has 170 valence electrons. The van der Waals surface area contributed by atoms with E-state index in [4.69, 9.17) is 14.7 Å². The van der Waals surface area contributed by atoms with Crippen LogP contribution in [-0.2, 0) is 0 Å². The first-order valence-corrected chi connectivity index (χ1v) is 12.6. The fourth-order valence-corrected chi connectivity index (χ4v) is 5.64. The van der Waals surface area contributed by atoms with Gasteiger partial charge in [0.2, 0.25) is 5.88 Å². The topological polar surface area (TPSA) is 34.5 Å². The predicted octanol–water partition coefficient (Wildman–Crippen LogP) is 8.69. The van der Waals surface area contributed by atoms with Crippen LogP contribution in [0.2, 0.25) is 0 Å². The van der Waals surface area contributed by atoms with Crippen molar-refractivity contribution in [2.75, 3.05) is 0 Å². The maximum absolute atomic E-state index is 6.41. The molecule has 0 radical (unpaired) electrons. The third-order valence-electron chi connectivity index (χ3n) is 6.14. The Morgan fingerprint density at radius 3 is 2.37 bits per heavy atom. The Balaban J connectivity index is 1.51. The fraction of sp³-hybridized carbons (Fsp3) is 0.0968. The van der Waals surface area contributed by atoms with Gasteiger partial charge >= 0.3 is 0 Å². The van der Waals surface area contributed by atoms with Crippen LogP contribution < -0.4 is 4.74 Å². The van der Waals surface area contributed by atoms with E-state index in [2.05, 4.69) is 79.7 Å². The lowest BCUT2D eigenvalue weighted by molar-refractivity contribution is 0.458. The first kappa shape index (κ1) is 21.6. The molecular weight excluding hydrogens is 448 g/mol. The third kappa shape index (κ3) is 4.58. The smallest absolute Gasteiger partial charge is 0.224 e. The zero-order valence-electron chi connectivity index (χ0n) is 19.4. The van der Waals surface area contributed by atoms with Gasteiger partial charge in [-0.3, -0.25) is 4.99 Å². The molecule has 0 saturated heterocycles. The van der Waals surface area contributed by atoms with Gasteiger partial charge in [-0.05, 0) is 55.0 Å². The molecule has 4 aromatic carbocycles. The molecular formula is C31H24N2OS. The minimum absolute atomic E-state index is 0.0914. The molecule has 0 spiro atoms. The van der Waals surface area contributed by atoms with Crippen LogP contribution in [0.25, 0.3) is 10.9 Å². The Kier molecular flexibility index (Phi) is 5.81. The summed E-state index contributed by atoms with van der Waals surface area (Å²) in [4.78, 5) is 11.3. The van der Waals surface area contributed by atoms with Gasteiger partial charge in [0.15, 0.2) is 0 Å². The Hall–Kier alpha value is -3.89. The summed E-state index contributed by atoms with van der Waals surface area (Å²) in [5.74, 6) is 1.43. The number of aryl methyl sites for hydroxylation is 1. The number of fused-ring (bicyclic) bond motifs is 2. The lowest BCUT2D eigenvalue weighted by atomic mass is 10.0. The zero-order chi connectivity index (χ0) is 23.6. The number of para-hydroxylation sites is 2. The van der Waals surface area contributed by atoms with Gasteiger partial charge in [0, 0.05) is 33.2 Å². The van der Waals surface area contributed by atoms with Crippen LogP contribution in [0.15, 0.2) is 119 Å². The van der Waals surface area contributed by atoms with Crippen molar-refractivity contribution in [2.24, 2.45) is 4.99 Å². The van der Waals surface area contributed by atoms with Gasteiger partial charge in [-0.25, -0.2) is 4.98 Å². The molecule has 0 bridgehead atoms. The molecule has 5 aromatic rings. The Labute approximate surface area is 209 Å². The third-order valence-corrected chi connectivity index (χ3v) is 7.45. The molecule has 1 aromatic heterocycles. The summed E-state index contributed by atoms with van der Waals surface area (Å²) in [5, 5.41) is 1.21. The van der Waals surface area contributed by atoms with Gasteiger partial charge < -0.3 is 4.74 Å². The van der Waals surface area contributed by atoms with Gasteiger partial charge in [0.05, 0.1) is 11.2 Å². The van der Waals surface area contributed by atoms with Crippen LogP contribution in [0.1, 0.15) is 28.4 Å². The quantitative estimate of drug-likeness (QED) is 0.262. The molecule has 35 heavy (non-hydrogen) atoms. The second kappa shape index (κ2) is 9.40. The van der Waals surface area contributed by atoms with E-state index in [0.29, 0.717) is 5.88 Å². The first-order chi connectivity index (χ1) is 17.2. The summed E-state index contributed by atoms with van der Waals surface area (Å²) in [6, 6.07) is 37.3. The van der Waals surface area contributed by atoms with E-state index in [1.54, 1.807) is 0 Å². The molecule has 4 heteroatoms. The van der Waals surface area contributed by atoms with Crippen molar-refractivity contribution in [1.29, 1.82) is 0 Å². The van der Waals surface area contributed by atoms with Crippen molar-refractivity contribution in [3.8, 4) is 11.6 Å². The van der Waals surface area contributed by atoms with Crippen molar-refractivity contribution in [2.45, 2.75) is 23.5 Å². The van der Waals surface area contributed by atoms with Crippen molar-refractivity contribution >= 4 is 34.1 Å². The molecule has 1 aliphatic heterocycles. The molecule has 6 rings (SSSR count). The number of ether oxygens (including phenoxy) is 1. The molecule has 1 unspecified atom stereocenters. The summed E-state index contributed by atoms with van der Waals surface area (Å²) >= 11 is 1.83. The number of aromatic nitrogens is 1. The molecule has 0 fully saturated rings. The number of hydrogen-bond acceptors (Lipinski definition) is 4. The average molecular weight is 473 g/mol. The van der Waals surface area contributed by atoms with Crippen molar-refractivity contribution in [3.05, 3.63) is 126 Å². The zero-order valence-corrected chi connectivity index (χ0v) is 20.2. The van der Waals surface area contributed by atoms with Crippen molar-refractivity contribution in [1.82, 2.24) is 4.98 Å². The van der Waals surface area contributed by atoms with E-state index in [0.717, 1.165) is 45.6 Å². The van der Waals surface area contributed by atoms with Crippen LogP contribution in [0.4, 0.5) is 5.69 Å². The van der Waals surface area contributed by atoms with Gasteiger partial charge in [-0.2, -0.15) is 0 Å². The summed E-state index contributed by atoms with van der Waals surface area (Å²) in [5.41, 5.74) is 6.45. The second-order valence-electron chi connectivity index (χ2n) is 8.70. The Morgan fingerprint density at radius 1 is 0.800 bits per heavy atom. The summed E-state index contributed by atoms with van der Waals surface area (Å²) < 4.78 is 6.41. The lowest BCUT2D eigenvalue weighted by Crippen LogP contribution is -2.07. The van der Waals surface area contributed by atoms with Crippen molar-refractivity contribution < 1.29 is 4.74 Å². The number of pyridine rings is 1. The molecule has 1 aliphatic rings. The molecule has 0 amide bonds. The molecule has 1 atom stereocenters. The number of hydrogen-bond donors (Lipinski definition) is 0. The molecule has 3 nitrogen and oxygen atoms in total. The van der Waals surface area contributed by atoms with Crippen LogP contribution in [-0.4, -0.2) is 10.7 Å². The van der Waals surface area contributed by atoms with E-state index < -0.39 is 0 Å². The van der Waals surface area contributed by atoms with Crippen LogP contribution in [0.5, 0.6) is 11.6 Å². The van der Waals surface area contributed by atoms with Gasteiger partial charge in [-0.15, -0.1) is 11.8 Å². The van der Waals surface area contributed by atoms with E-state index in [-0.39, 0.29) is 5.25 Å². The number of rotatable bonds is 4. The maximum Gasteiger partial charge on any atom is 0.224 e. The highest BCUT2D eigenvalue weighted by atomic mass is 32.2.